The van der Waals surface area contributed by atoms with E-state index in [4.69, 9.17) is 0 Å². The van der Waals surface area contributed by atoms with Crippen molar-refractivity contribution in [2.45, 2.75) is 13.3 Å². The molecule has 0 aliphatic carbocycles. The summed E-state index contributed by atoms with van der Waals surface area (Å²) in [5.41, 5.74) is 0.698. The predicted molar refractivity (Wildman–Crippen MR) is 80.9 cm³/mol. The molecule has 0 unspecified atom stereocenters. The van der Waals surface area contributed by atoms with Crippen LogP contribution < -0.4 is 10.6 Å². The lowest BCUT2D eigenvalue weighted by molar-refractivity contribution is -0.116. The van der Waals surface area contributed by atoms with Gasteiger partial charge >= 0.3 is 0 Å². The average Bonchev–Trinajstić information content (AvgIpc) is 2.49. The highest BCUT2D eigenvalue weighted by Gasteiger charge is 2.12. The number of nitrogens with one attached hydrogen (secondary N) is 2. The van der Waals surface area contributed by atoms with Gasteiger partial charge < -0.3 is 10.6 Å². The van der Waals surface area contributed by atoms with E-state index in [0.29, 0.717) is 11.9 Å². The van der Waals surface area contributed by atoms with Gasteiger partial charge in [0.05, 0.1) is 5.56 Å². The molecular formula is C16H15F2N3O2. The van der Waals surface area contributed by atoms with Crippen LogP contribution in [0.3, 0.4) is 0 Å². The second-order valence-electron chi connectivity index (χ2n) is 4.90. The highest BCUT2D eigenvalue weighted by molar-refractivity contribution is 5.95. The molecule has 0 spiro atoms. The van der Waals surface area contributed by atoms with E-state index in [1.54, 1.807) is 12.3 Å². The number of hydrogen-bond donors (Lipinski definition) is 2. The van der Waals surface area contributed by atoms with Crippen LogP contribution in [0.4, 0.5) is 14.6 Å². The van der Waals surface area contributed by atoms with Gasteiger partial charge in [-0.15, -0.1) is 0 Å². The Morgan fingerprint density at radius 3 is 2.61 bits per heavy atom. The number of anilines is 1. The van der Waals surface area contributed by atoms with Crippen molar-refractivity contribution < 1.29 is 18.4 Å². The monoisotopic (exact) mass is 319 g/mol. The van der Waals surface area contributed by atoms with Crippen molar-refractivity contribution in [3.8, 4) is 0 Å². The van der Waals surface area contributed by atoms with E-state index in [1.807, 2.05) is 13.0 Å². The lowest BCUT2D eigenvalue weighted by Crippen LogP contribution is -2.28. The number of aryl methyl sites for hydroxylation is 1. The fourth-order valence-electron chi connectivity index (χ4n) is 1.81. The topological polar surface area (TPSA) is 71.1 Å². The molecule has 0 radical (unpaired) electrons. The molecule has 0 atom stereocenters. The third-order valence-corrected chi connectivity index (χ3v) is 2.99. The Hall–Kier alpha value is -2.83. The molecule has 0 aliphatic rings. The maximum absolute atomic E-state index is 13.4. The molecule has 0 saturated heterocycles. The van der Waals surface area contributed by atoms with Gasteiger partial charge in [0.15, 0.2) is 0 Å². The Labute approximate surface area is 131 Å². The van der Waals surface area contributed by atoms with Gasteiger partial charge in [-0.2, -0.15) is 0 Å². The van der Waals surface area contributed by atoms with Gasteiger partial charge in [-0.1, -0.05) is 6.07 Å². The van der Waals surface area contributed by atoms with Crippen molar-refractivity contribution in [1.29, 1.82) is 0 Å². The summed E-state index contributed by atoms with van der Waals surface area (Å²) >= 11 is 0. The normalized spacial score (nSPS) is 10.2. The van der Waals surface area contributed by atoms with Crippen LogP contribution in [0, 0.1) is 18.6 Å². The lowest BCUT2D eigenvalue weighted by atomic mass is 10.2. The molecule has 0 fully saturated rings. The molecule has 2 amide bonds. The molecule has 1 aromatic carbocycles. The van der Waals surface area contributed by atoms with Gasteiger partial charge in [0.1, 0.15) is 17.5 Å². The average molecular weight is 319 g/mol. The Balaban J connectivity index is 1.81. The number of nitrogens with zero attached hydrogens (tertiary/aromatic N) is 1. The predicted octanol–water partition coefficient (Wildman–Crippen LogP) is 2.43. The molecule has 1 heterocycles. The first-order chi connectivity index (χ1) is 11.0. The maximum atomic E-state index is 13.4. The van der Waals surface area contributed by atoms with Crippen molar-refractivity contribution in [2.75, 3.05) is 11.9 Å². The molecule has 0 aliphatic heterocycles. The number of carbonyl (C=O) groups is 2. The van der Waals surface area contributed by atoms with Crippen molar-refractivity contribution in [1.82, 2.24) is 10.3 Å². The van der Waals surface area contributed by atoms with E-state index in [0.717, 1.165) is 17.7 Å². The molecule has 5 nitrogen and oxygen atoms in total. The van der Waals surface area contributed by atoms with Gasteiger partial charge in [-0.25, -0.2) is 13.8 Å². The van der Waals surface area contributed by atoms with E-state index in [1.165, 1.54) is 0 Å². The maximum Gasteiger partial charge on any atom is 0.254 e. The van der Waals surface area contributed by atoms with Gasteiger partial charge in [-0.3, -0.25) is 9.59 Å². The zero-order chi connectivity index (χ0) is 16.8. The van der Waals surface area contributed by atoms with E-state index < -0.39 is 17.5 Å². The minimum atomic E-state index is -0.948. The smallest absolute Gasteiger partial charge is 0.254 e. The number of carbonyl (C=O) groups excluding carboxylic acids is 2. The van der Waals surface area contributed by atoms with E-state index in [2.05, 4.69) is 15.6 Å². The number of hydrogen-bond acceptors (Lipinski definition) is 3. The molecular weight excluding hydrogens is 304 g/mol. The highest BCUT2D eigenvalue weighted by Crippen LogP contribution is 2.09. The van der Waals surface area contributed by atoms with Crippen LogP contribution in [0.25, 0.3) is 0 Å². The highest BCUT2D eigenvalue weighted by atomic mass is 19.1. The van der Waals surface area contributed by atoms with Crippen LogP contribution in [0.5, 0.6) is 0 Å². The summed E-state index contributed by atoms with van der Waals surface area (Å²) in [6.45, 7) is 1.90. The molecule has 0 saturated carbocycles. The van der Waals surface area contributed by atoms with Gasteiger partial charge in [0, 0.05) is 25.2 Å². The molecule has 7 heteroatoms. The van der Waals surface area contributed by atoms with Crippen LogP contribution in [0.1, 0.15) is 22.3 Å². The Kier molecular flexibility index (Phi) is 5.35. The van der Waals surface area contributed by atoms with Crippen LogP contribution >= 0.6 is 0 Å². The molecule has 2 N–H and O–H groups in total. The van der Waals surface area contributed by atoms with Gasteiger partial charge in [0.25, 0.3) is 5.91 Å². The number of pyridine rings is 1. The van der Waals surface area contributed by atoms with Crippen LogP contribution in [0.2, 0.25) is 0 Å². The fourth-order valence-corrected chi connectivity index (χ4v) is 1.81. The molecule has 120 valence electrons. The Morgan fingerprint density at radius 2 is 1.96 bits per heavy atom. The number of rotatable bonds is 5. The minimum absolute atomic E-state index is 0.00408. The third-order valence-electron chi connectivity index (χ3n) is 2.99. The molecule has 0 bridgehead atoms. The molecule has 1 aromatic heterocycles. The van der Waals surface area contributed by atoms with Crippen molar-refractivity contribution in [3.63, 3.8) is 0 Å². The minimum Gasteiger partial charge on any atom is -0.351 e. The van der Waals surface area contributed by atoms with Crippen molar-refractivity contribution in [3.05, 3.63) is 59.3 Å². The van der Waals surface area contributed by atoms with Crippen molar-refractivity contribution in [2.24, 2.45) is 0 Å². The summed E-state index contributed by atoms with van der Waals surface area (Å²) < 4.78 is 26.2. The summed E-state index contributed by atoms with van der Waals surface area (Å²) in [6.07, 6.45) is 1.62. The summed E-state index contributed by atoms with van der Waals surface area (Å²) in [7, 11) is 0. The molecule has 2 aromatic rings. The lowest BCUT2D eigenvalue weighted by Gasteiger charge is -2.07. The second-order valence-corrected chi connectivity index (χ2v) is 4.90. The summed E-state index contributed by atoms with van der Waals surface area (Å²) in [5, 5.41) is 4.98. The first-order valence-corrected chi connectivity index (χ1v) is 6.91. The van der Waals surface area contributed by atoms with E-state index in [-0.39, 0.29) is 24.4 Å². The third kappa shape index (κ3) is 4.84. The fraction of sp³-hybridized carbons (Fsp3) is 0.188. The number of benzene rings is 1. The second kappa shape index (κ2) is 7.44. The molecule has 23 heavy (non-hydrogen) atoms. The number of amides is 2. The summed E-state index contributed by atoms with van der Waals surface area (Å²) in [5.74, 6) is -2.33. The van der Waals surface area contributed by atoms with Gasteiger partial charge in [-0.05, 0) is 30.7 Å². The quantitative estimate of drug-likeness (QED) is 0.889. The SMILES string of the molecule is Cc1ccc(NC(=O)CCNC(=O)c2ccc(F)cc2F)nc1. The van der Waals surface area contributed by atoms with Crippen LogP contribution in [-0.2, 0) is 4.79 Å². The first-order valence-electron chi connectivity index (χ1n) is 6.91. The van der Waals surface area contributed by atoms with Crippen molar-refractivity contribution >= 4 is 17.6 Å². The number of halogens is 2. The largest absolute Gasteiger partial charge is 0.351 e. The Bertz CT molecular complexity index is 718. The van der Waals surface area contributed by atoms with Gasteiger partial charge in [0.2, 0.25) is 5.91 Å². The first kappa shape index (κ1) is 16.5. The zero-order valence-corrected chi connectivity index (χ0v) is 12.4. The Morgan fingerprint density at radius 1 is 1.17 bits per heavy atom. The van der Waals surface area contributed by atoms with Crippen LogP contribution in [0.15, 0.2) is 36.5 Å². The summed E-state index contributed by atoms with van der Waals surface area (Å²) in [6, 6.07) is 6.15. The van der Waals surface area contributed by atoms with Crippen LogP contribution in [-0.4, -0.2) is 23.3 Å². The zero-order valence-electron chi connectivity index (χ0n) is 12.4. The molecule has 2 rings (SSSR count). The number of aromatic nitrogens is 1. The summed E-state index contributed by atoms with van der Waals surface area (Å²) in [4.78, 5) is 27.5. The van der Waals surface area contributed by atoms with E-state index >= 15 is 0 Å². The van der Waals surface area contributed by atoms with E-state index in [9.17, 15) is 18.4 Å². The standard InChI is InChI=1S/C16H15F2N3O2/c1-10-2-5-14(20-9-10)21-15(22)6-7-19-16(23)12-4-3-11(17)8-13(12)18/h2-5,8-9H,6-7H2,1H3,(H,19,23)(H,20,21,22).